The van der Waals surface area contributed by atoms with E-state index in [0.717, 1.165) is 15.2 Å². The highest BCUT2D eigenvalue weighted by Crippen LogP contribution is 2.34. The molecule has 1 N–H and O–H groups in total. The predicted molar refractivity (Wildman–Crippen MR) is 91.9 cm³/mol. The van der Waals surface area contributed by atoms with E-state index in [1.54, 1.807) is 11.3 Å². The summed E-state index contributed by atoms with van der Waals surface area (Å²) in [5.74, 6) is -0.0462. The molecule has 0 atom stereocenters. The highest BCUT2D eigenvalue weighted by molar-refractivity contribution is 8.00. The molecule has 0 aliphatic carbocycles. The lowest BCUT2D eigenvalue weighted by Gasteiger charge is -2.05. The van der Waals surface area contributed by atoms with Crippen LogP contribution in [0, 0.1) is 13.8 Å². The Morgan fingerprint density at radius 1 is 1.35 bits per heavy atom. The molecular formula is C15H19N3O3S2. The Morgan fingerprint density at radius 3 is 2.87 bits per heavy atom. The van der Waals surface area contributed by atoms with Crippen molar-refractivity contribution in [3.8, 4) is 0 Å². The predicted octanol–water partition coefficient (Wildman–Crippen LogP) is 2.47. The minimum atomic E-state index is -0.264. The van der Waals surface area contributed by atoms with E-state index in [9.17, 15) is 9.59 Å². The molecule has 23 heavy (non-hydrogen) atoms. The molecule has 1 amide bonds. The first-order valence-corrected chi connectivity index (χ1v) is 9.00. The Bertz CT molecular complexity index is 715. The van der Waals surface area contributed by atoms with Gasteiger partial charge < -0.3 is 10.1 Å². The van der Waals surface area contributed by atoms with Crippen LogP contribution in [0.1, 0.15) is 23.3 Å². The molecule has 0 saturated heterocycles. The Morgan fingerprint density at radius 2 is 2.13 bits per heavy atom. The van der Waals surface area contributed by atoms with Crippen LogP contribution in [-0.2, 0) is 14.3 Å². The highest BCUT2D eigenvalue weighted by atomic mass is 32.2. The maximum Gasteiger partial charge on any atom is 0.305 e. The summed E-state index contributed by atoms with van der Waals surface area (Å²) in [5.41, 5.74) is 1.17. The van der Waals surface area contributed by atoms with E-state index in [1.807, 2.05) is 0 Å². The monoisotopic (exact) mass is 353 g/mol. The molecule has 0 aliphatic heterocycles. The Labute approximate surface area is 143 Å². The summed E-state index contributed by atoms with van der Waals surface area (Å²) in [7, 11) is 1.36. The molecule has 0 spiro atoms. The topological polar surface area (TPSA) is 81.2 Å². The van der Waals surface area contributed by atoms with Gasteiger partial charge in [-0.25, -0.2) is 9.97 Å². The highest BCUT2D eigenvalue weighted by Gasteiger charge is 2.13. The average Bonchev–Trinajstić information content (AvgIpc) is 2.84. The number of hydrogen-bond donors (Lipinski definition) is 1. The molecular weight excluding hydrogens is 334 g/mol. The smallest absolute Gasteiger partial charge is 0.305 e. The van der Waals surface area contributed by atoms with E-state index >= 15 is 0 Å². The average molecular weight is 353 g/mol. The molecule has 2 aromatic heterocycles. The third kappa shape index (κ3) is 4.65. The lowest BCUT2D eigenvalue weighted by atomic mass is 10.2. The van der Waals surface area contributed by atoms with Gasteiger partial charge in [0.05, 0.1) is 12.9 Å². The zero-order valence-corrected chi connectivity index (χ0v) is 15.0. The lowest BCUT2D eigenvalue weighted by molar-refractivity contribution is -0.140. The number of rotatable bonds is 7. The van der Waals surface area contributed by atoms with E-state index in [0.29, 0.717) is 25.1 Å². The first-order valence-electron chi connectivity index (χ1n) is 7.20. The van der Waals surface area contributed by atoms with Crippen LogP contribution in [0.2, 0.25) is 0 Å². The fourth-order valence-corrected chi connectivity index (χ4v) is 3.95. The van der Waals surface area contributed by atoms with E-state index in [4.69, 9.17) is 0 Å². The summed E-state index contributed by atoms with van der Waals surface area (Å²) in [6.45, 7) is 4.57. The van der Waals surface area contributed by atoms with Gasteiger partial charge in [0.15, 0.2) is 0 Å². The van der Waals surface area contributed by atoms with Gasteiger partial charge in [-0.3, -0.25) is 9.59 Å². The molecule has 6 nitrogen and oxygen atoms in total. The number of ether oxygens (including phenoxy) is 1. The minimum Gasteiger partial charge on any atom is -0.469 e. The first-order chi connectivity index (χ1) is 11.0. The molecule has 0 radical (unpaired) electrons. The standard InChI is InChI=1S/C15H19N3O3S2/c1-9-10(2)23-15-13(9)14(17-8-18-15)22-7-11(19)16-6-4-5-12(20)21-3/h8H,4-7H2,1-3H3,(H,16,19). The summed E-state index contributed by atoms with van der Waals surface area (Å²) in [4.78, 5) is 33.6. The Hall–Kier alpha value is -1.67. The lowest BCUT2D eigenvalue weighted by Crippen LogP contribution is -2.26. The van der Waals surface area contributed by atoms with Gasteiger partial charge in [-0.1, -0.05) is 11.8 Å². The van der Waals surface area contributed by atoms with Crippen LogP contribution in [0.4, 0.5) is 0 Å². The molecule has 0 aliphatic rings. The molecule has 2 heterocycles. The van der Waals surface area contributed by atoms with Gasteiger partial charge in [0, 0.05) is 23.2 Å². The summed E-state index contributed by atoms with van der Waals surface area (Å²) in [6, 6.07) is 0. The van der Waals surface area contributed by atoms with E-state index in [-0.39, 0.29) is 11.9 Å². The molecule has 0 bridgehead atoms. The van der Waals surface area contributed by atoms with Crippen LogP contribution in [0.5, 0.6) is 0 Å². The third-order valence-electron chi connectivity index (χ3n) is 3.38. The molecule has 0 saturated carbocycles. The van der Waals surface area contributed by atoms with E-state index in [1.165, 1.54) is 35.6 Å². The molecule has 124 valence electrons. The van der Waals surface area contributed by atoms with Crippen molar-refractivity contribution in [1.29, 1.82) is 0 Å². The first kappa shape index (κ1) is 17.7. The van der Waals surface area contributed by atoms with Gasteiger partial charge in [-0.05, 0) is 25.8 Å². The summed E-state index contributed by atoms with van der Waals surface area (Å²) in [5, 5.41) is 4.67. The van der Waals surface area contributed by atoms with Crippen molar-refractivity contribution in [3.05, 3.63) is 16.8 Å². The van der Waals surface area contributed by atoms with Crippen LogP contribution in [-0.4, -0.2) is 41.3 Å². The number of thiophene rings is 1. The molecule has 2 rings (SSSR count). The number of carbonyl (C=O) groups excluding carboxylic acids is 2. The largest absolute Gasteiger partial charge is 0.469 e. The minimum absolute atomic E-state index is 0.0729. The number of fused-ring (bicyclic) bond motifs is 1. The van der Waals surface area contributed by atoms with Crippen LogP contribution < -0.4 is 5.32 Å². The van der Waals surface area contributed by atoms with Crippen molar-refractivity contribution in [2.45, 2.75) is 31.7 Å². The molecule has 0 aromatic carbocycles. The second-order valence-corrected chi connectivity index (χ2v) is 7.13. The zero-order valence-electron chi connectivity index (χ0n) is 13.3. The van der Waals surface area contributed by atoms with Crippen molar-refractivity contribution in [2.24, 2.45) is 0 Å². The second kappa shape index (κ2) is 8.26. The van der Waals surface area contributed by atoms with Gasteiger partial charge in [-0.2, -0.15) is 0 Å². The normalized spacial score (nSPS) is 10.7. The summed E-state index contributed by atoms with van der Waals surface area (Å²) < 4.78 is 4.55. The number of esters is 1. The van der Waals surface area contributed by atoms with E-state index < -0.39 is 0 Å². The second-order valence-electron chi connectivity index (χ2n) is 4.96. The molecule has 0 fully saturated rings. The number of methoxy groups -OCH3 is 1. The number of carbonyl (C=O) groups is 2. The summed E-state index contributed by atoms with van der Waals surface area (Å²) in [6.07, 6.45) is 2.42. The van der Waals surface area contributed by atoms with Crippen molar-refractivity contribution in [2.75, 3.05) is 19.4 Å². The number of nitrogens with zero attached hydrogens (tertiary/aromatic N) is 2. The van der Waals surface area contributed by atoms with Gasteiger partial charge >= 0.3 is 5.97 Å². The summed E-state index contributed by atoms with van der Waals surface area (Å²) >= 11 is 3.05. The quantitative estimate of drug-likeness (QED) is 0.356. The third-order valence-corrected chi connectivity index (χ3v) is 5.48. The van der Waals surface area contributed by atoms with Gasteiger partial charge in [0.2, 0.25) is 5.91 Å². The van der Waals surface area contributed by atoms with Crippen LogP contribution in [0.25, 0.3) is 10.2 Å². The molecule has 0 unspecified atom stereocenters. The number of aryl methyl sites for hydroxylation is 2. The number of amides is 1. The number of hydrogen-bond acceptors (Lipinski definition) is 7. The SMILES string of the molecule is COC(=O)CCCNC(=O)CSc1ncnc2sc(C)c(C)c12. The number of nitrogens with one attached hydrogen (secondary N) is 1. The van der Waals surface area contributed by atoms with Gasteiger partial charge in [-0.15, -0.1) is 11.3 Å². The van der Waals surface area contributed by atoms with E-state index in [2.05, 4.69) is 33.9 Å². The molecule has 2 aromatic rings. The van der Waals surface area contributed by atoms with Crippen molar-refractivity contribution >= 4 is 45.2 Å². The van der Waals surface area contributed by atoms with Crippen LogP contribution in [0.3, 0.4) is 0 Å². The maximum absolute atomic E-state index is 11.9. The molecule has 8 heteroatoms. The van der Waals surface area contributed by atoms with Gasteiger partial charge in [0.1, 0.15) is 16.2 Å². The fourth-order valence-electron chi connectivity index (χ4n) is 2.01. The Kier molecular flexibility index (Phi) is 6.35. The van der Waals surface area contributed by atoms with Crippen molar-refractivity contribution in [3.63, 3.8) is 0 Å². The van der Waals surface area contributed by atoms with Crippen LogP contribution in [0.15, 0.2) is 11.4 Å². The maximum atomic E-state index is 11.9. The number of thioether (sulfide) groups is 1. The number of aromatic nitrogens is 2. The van der Waals surface area contributed by atoms with Gasteiger partial charge in [0.25, 0.3) is 0 Å². The van der Waals surface area contributed by atoms with Crippen molar-refractivity contribution < 1.29 is 14.3 Å². The zero-order chi connectivity index (χ0) is 16.8. The van der Waals surface area contributed by atoms with Crippen LogP contribution >= 0.6 is 23.1 Å². The fraction of sp³-hybridized carbons (Fsp3) is 0.467. The Balaban J connectivity index is 1.86. The van der Waals surface area contributed by atoms with Crippen molar-refractivity contribution in [1.82, 2.24) is 15.3 Å².